The molecule has 0 bridgehead atoms. The number of hydrogen-bond acceptors (Lipinski definition) is 1. The van der Waals surface area contributed by atoms with Gasteiger partial charge in [-0.3, -0.25) is 0 Å². The predicted molar refractivity (Wildman–Crippen MR) is 89.1 cm³/mol. The summed E-state index contributed by atoms with van der Waals surface area (Å²) in [6.07, 6.45) is 8.54. The van der Waals surface area contributed by atoms with Crippen molar-refractivity contribution in [1.82, 2.24) is 0 Å². The molecule has 0 radical (unpaired) electrons. The second-order valence-corrected chi connectivity index (χ2v) is 7.27. The highest BCUT2D eigenvalue weighted by Gasteiger charge is 2.33. The molecule has 1 atom stereocenters. The third-order valence-electron chi connectivity index (χ3n) is 4.76. The van der Waals surface area contributed by atoms with Gasteiger partial charge in [0.1, 0.15) is 0 Å². The quantitative estimate of drug-likeness (QED) is 0.619. The number of benzene rings is 1. The van der Waals surface area contributed by atoms with E-state index in [4.69, 9.17) is 0 Å². The second-order valence-electron chi connectivity index (χ2n) is 5.86. The maximum absolute atomic E-state index is 3.70. The first-order chi connectivity index (χ1) is 9.29. The Balaban J connectivity index is 1.81. The molecule has 0 aromatic heterocycles. The highest BCUT2D eigenvalue weighted by Crippen LogP contribution is 2.38. The molecule has 0 amide bonds. The second kappa shape index (κ2) is 6.17. The summed E-state index contributed by atoms with van der Waals surface area (Å²) in [5.74, 6) is 0.942. The first kappa shape index (κ1) is 13.9. The van der Waals surface area contributed by atoms with Gasteiger partial charge < -0.3 is 4.90 Å². The smallest absolute Gasteiger partial charge is 0.0380 e. The van der Waals surface area contributed by atoms with Crippen LogP contribution in [0, 0.1) is 5.92 Å². The van der Waals surface area contributed by atoms with Crippen molar-refractivity contribution in [3.8, 4) is 0 Å². The van der Waals surface area contributed by atoms with Gasteiger partial charge in [0.15, 0.2) is 0 Å². The summed E-state index contributed by atoms with van der Waals surface area (Å²) in [7, 11) is 0. The highest BCUT2D eigenvalue weighted by atomic mass is 79.9. The monoisotopic (exact) mass is 385 g/mol. The number of nitrogens with zero attached hydrogens (tertiary/aromatic N) is 1. The topological polar surface area (TPSA) is 3.24 Å². The molecule has 2 fully saturated rings. The van der Waals surface area contributed by atoms with Crippen LogP contribution >= 0.6 is 31.9 Å². The molecule has 0 N–H and O–H groups in total. The Morgan fingerprint density at radius 1 is 1.11 bits per heavy atom. The molecule has 1 aliphatic carbocycles. The summed E-state index contributed by atoms with van der Waals surface area (Å²) in [6.45, 7) is 1.24. The molecular weight excluding hydrogens is 366 g/mol. The fourth-order valence-electron chi connectivity index (χ4n) is 3.77. The van der Waals surface area contributed by atoms with Gasteiger partial charge in [-0.2, -0.15) is 0 Å². The molecule has 19 heavy (non-hydrogen) atoms. The van der Waals surface area contributed by atoms with Crippen LogP contribution in [0.4, 0.5) is 5.69 Å². The summed E-state index contributed by atoms with van der Waals surface area (Å²) < 4.78 is 1.24. The van der Waals surface area contributed by atoms with Gasteiger partial charge >= 0.3 is 0 Å². The lowest BCUT2D eigenvalue weighted by molar-refractivity contribution is 0.431. The Kier molecular flexibility index (Phi) is 4.53. The van der Waals surface area contributed by atoms with Crippen molar-refractivity contribution in [1.29, 1.82) is 0 Å². The van der Waals surface area contributed by atoms with E-state index in [0.29, 0.717) is 0 Å². The van der Waals surface area contributed by atoms with Gasteiger partial charge in [-0.1, -0.05) is 50.8 Å². The van der Waals surface area contributed by atoms with Crippen LogP contribution < -0.4 is 4.90 Å². The minimum absolute atomic E-state index is 0.796. The van der Waals surface area contributed by atoms with Crippen molar-refractivity contribution in [2.75, 3.05) is 11.4 Å². The Hall–Kier alpha value is -0.0200. The maximum atomic E-state index is 3.70. The standard InChI is InChI=1S/C16H21Br2N/c17-11-13-7-8-14(10-15(13)18)19-9-3-6-16(19)12-4-1-2-5-12/h7-8,10,12,16H,1-6,9,11H2. The normalized spacial score (nSPS) is 24.3. The van der Waals surface area contributed by atoms with Gasteiger partial charge in [-0.05, 0) is 49.3 Å². The van der Waals surface area contributed by atoms with E-state index in [1.54, 1.807) is 0 Å². The molecule has 1 aromatic rings. The average molecular weight is 387 g/mol. The largest absolute Gasteiger partial charge is 0.368 e. The molecule has 1 heterocycles. The molecule has 104 valence electrons. The lowest BCUT2D eigenvalue weighted by Gasteiger charge is -2.31. The van der Waals surface area contributed by atoms with E-state index in [2.05, 4.69) is 55.0 Å². The number of halogens is 2. The molecule has 1 nitrogen and oxygen atoms in total. The average Bonchev–Trinajstić information content (AvgIpc) is 3.09. The molecule has 1 aliphatic heterocycles. The summed E-state index contributed by atoms with van der Waals surface area (Å²) in [6, 6.07) is 7.65. The molecule has 3 heteroatoms. The predicted octanol–water partition coefficient (Wildman–Crippen LogP) is 5.50. The Morgan fingerprint density at radius 3 is 2.58 bits per heavy atom. The van der Waals surface area contributed by atoms with Gasteiger partial charge in [-0.25, -0.2) is 0 Å². The summed E-state index contributed by atoms with van der Waals surface area (Å²) in [5, 5.41) is 0.917. The van der Waals surface area contributed by atoms with Crippen LogP contribution in [0.2, 0.25) is 0 Å². The number of anilines is 1. The van der Waals surface area contributed by atoms with Crippen LogP contribution in [0.15, 0.2) is 22.7 Å². The zero-order valence-electron chi connectivity index (χ0n) is 11.2. The molecule has 3 rings (SSSR count). The molecule has 0 spiro atoms. The van der Waals surface area contributed by atoms with Crippen molar-refractivity contribution >= 4 is 37.5 Å². The highest BCUT2D eigenvalue weighted by molar-refractivity contribution is 9.10. The SMILES string of the molecule is BrCc1ccc(N2CCCC2C2CCCC2)cc1Br. The molecule has 1 unspecified atom stereocenters. The van der Waals surface area contributed by atoms with Crippen molar-refractivity contribution < 1.29 is 0 Å². The number of hydrogen-bond donors (Lipinski definition) is 0. The van der Waals surface area contributed by atoms with Crippen LogP contribution in [-0.2, 0) is 5.33 Å². The van der Waals surface area contributed by atoms with Gasteiger partial charge in [0, 0.05) is 28.1 Å². The zero-order valence-corrected chi connectivity index (χ0v) is 14.4. The van der Waals surface area contributed by atoms with Gasteiger partial charge in [0.05, 0.1) is 0 Å². The van der Waals surface area contributed by atoms with Gasteiger partial charge in [0.2, 0.25) is 0 Å². The molecule has 1 saturated carbocycles. The molecule has 1 aromatic carbocycles. The fourth-order valence-corrected chi connectivity index (χ4v) is 5.14. The minimum Gasteiger partial charge on any atom is -0.368 e. The van der Waals surface area contributed by atoms with E-state index in [9.17, 15) is 0 Å². The van der Waals surface area contributed by atoms with E-state index in [1.165, 1.54) is 60.8 Å². The fraction of sp³-hybridized carbons (Fsp3) is 0.625. The van der Waals surface area contributed by atoms with E-state index < -0.39 is 0 Å². The maximum Gasteiger partial charge on any atom is 0.0380 e. The van der Waals surface area contributed by atoms with Gasteiger partial charge in [0.25, 0.3) is 0 Å². The van der Waals surface area contributed by atoms with Crippen LogP contribution in [0.3, 0.4) is 0 Å². The minimum atomic E-state index is 0.796. The summed E-state index contributed by atoms with van der Waals surface area (Å²) >= 11 is 7.24. The van der Waals surface area contributed by atoms with Crippen molar-refractivity contribution in [2.24, 2.45) is 5.92 Å². The van der Waals surface area contributed by atoms with Crippen LogP contribution in [0.1, 0.15) is 44.1 Å². The van der Waals surface area contributed by atoms with Crippen LogP contribution in [0.5, 0.6) is 0 Å². The Bertz CT molecular complexity index is 440. The first-order valence-electron chi connectivity index (χ1n) is 7.40. The third-order valence-corrected chi connectivity index (χ3v) is 6.10. The lowest BCUT2D eigenvalue weighted by Crippen LogP contribution is -2.34. The third kappa shape index (κ3) is 2.87. The Morgan fingerprint density at radius 2 is 1.89 bits per heavy atom. The van der Waals surface area contributed by atoms with E-state index >= 15 is 0 Å². The number of rotatable bonds is 3. The van der Waals surface area contributed by atoms with Crippen LogP contribution in [0.25, 0.3) is 0 Å². The molecule has 1 saturated heterocycles. The van der Waals surface area contributed by atoms with Crippen molar-refractivity contribution in [3.05, 3.63) is 28.2 Å². The van der Waals surface area contributed by atoms with Crippen LogP contribution in [-0.4, -0.2) is 12.6 Å². The first-order valence-corrected chi connectivity index (χ1v) is 9.32. The molecular formula is C16H21Br2N. The van der Waals surface area contributed by atoms with Crippen molar-refractivity contribution in [3.63, 3.8) is 0 Å². The van der Waals surface area contributed by atoms with E-state index in [0.717, 1.165) is 17.3 Å². The van der Waals surface area contributed by atoms with E-state index in [-0.39, 0.29) is 0 Å². The summed E-state index contributed by atoms with van der Waals surface area (Å²) in [4.78, 5) is 2.67. The van der Waals surface area contributed by atoms with Gasteiger partial charge in [-0.15, -0.1) is 0 Å². The number of alkyl halides is 1. The van der Waals surface area contributed by atoms with E-state index in [1.807, 2.05) is 0 Å². The molecule has 2 aliphatic rings. The van der Waals surface area contributed by atoms with Crippen molar-refractivity contribution in [2.45, 2.75) is 49.9 Å². The lowest BCUT2D eigenvalue weighted by atomic mass is 9.95. The zero-order chi connectivity index (χ0) is 13.2. The summed E-state index contributed by atoms with van der Waals surface area (Å²) in [5.41, 5.74) is 2.74. The Labute approximate surface area is 133 Å².